The molecule has 0 aromatic heterocycles. The number of hydrogen-bond acceptors (Lipinski definition) is 8. The molecule has 4 rings (SSSR count). The molecule has 1 aliphatic carbocycles. The summed E-state index contributed by atoms with van der Waals surface area (Å²) in [7, 11) is 0. The molecule has 5 atom stereocenters. The molecule has 9 nitrogen and oxygen atoms in total. The average molecular weight is 596 g/mol. The van der Waals surface area contributed by atoms with Crippen molar-refractivity contribution in [3.05, 3.63) is 48.0 Å². The summed E-state index contributed by atoms with van der Waals surface area (Å²) in [4.78, 5) is 68.5. The molecule has 3 aliphatic rings. The lowest BCUT2D eigenvalue weighted by Gasteiger charge is -2.29. The van der Waals surface area contributed by atoms with Crippen molar-refractivity contribution in [2.75, 3.05) is 13.2 Å². The van der Waals surface area contributed by atoms with Gasteiger partial charge in [0, 0.05) is 18.8 Å². The van der Waals surface area contributed by atoms with Crippen molar-refractivity contribution in [3.8, 4) is 0 Å². The summed E-state index contributed by atoms with van der Waals surface area (Å²) < 4.78 is 16.7. The number of nitrogens with zero attached hydrogens (tertiary/aromatic N) is 1. The Morgan fingerprint density at radius 3 is 2.49 bits per heavy atom. The highest BCUT2D eigenvalue weighted by atomic mass is 16.6. The summed E-state index contributed by atoms with van der Waals surface area (Å²) in [5.74, 6) is -2.76. The van der Waals surface area contributed by atoms with E-state index in [4.69, 9.17) is 14.2 Å². The molecule has 0 bridgehead atoms. The number of esters is 3. The molecule has 2 fully saturated rings. The van der Waals surface area contributed by atoms with Crippen LogP contribution < -0.4 is 0 Å². The monoisotopic (exact) mass is 595 g/mol. The number of benzene rings is 1. The summed E-state index contributed by atoms with van der Waals surface area (Å²) >= 11 is 0. The maximum absolute atomic E-state index is 14.1. The van der Waals surface area contributed by atoms with Crippen molar-refractivity contribution in [2.45, 2.75) is 103 Å². The fourth-order valence-electron chi connectivity index (χ4n) is 6.25. The summed E-state index contributed by atoms with van der Waals surface area (Å²) in [6.45, 7) is 7.33. The topological polar surface area (TPSA) is 116 Å². The second kappa shape index (κ2) is 13.9. The van der Waals surface area contributed by atoms with Crippen LogP contribution in [0.2, 0.25) is 0 Å². The fourth-order valence-corrected chi connectivity index (χ4v) is 6.25. The second-order valence-electron chi connectivity index (χ2n) is 13.0. The van der Waals surface area contributed by atoms with E-state index in [9.17, 15) is 24.0 Å². The van der Waals surface area contributed by atoms with E-state index in [1.165, 1.54) is 4.90 Å². The van der Waals surface area contributed by atoms with Crippen molar-refractivity contribution < 1.29 is 38.2 Å². The van der Waals surface area contributed by atoms with Gasteiger partial charge in [0.05, 0.1) is 36.6 Å². The van der Waals surface area contributed by atoms with E-state index < -0.39 is 47.0 Å². The van der Waals surface area contributed by atoms with Gasteiger partial charge in [-0.15, -0.1) is 0 Å². The largest absolute Gasteiger partial charge is 0.466 e. The molecule has 0 N–H and O–H groups in total. The molecule has 234 valence electrons. The number of rotatable bonds is 6. The summed E-state index contributed by atoms with van der Waals surface area (Å²) in [6, 6.07) is 7.67. The first-order valence-corrected chi connectivity index (χ1v) is 15.6. The molecule has 1 saturated carbocycles. The van der Waals surface area contributed by atoms with Crippen molar-refractivity contribution in [1.29, 1.82) is 0 Å². The van der Waals surface area contributed by atoms with Gasteiger partial charge in [-0.1, -0.05) is 43.2 Å². The van der Waals surface area contributed by atoms with Gasteiger partial charge in [0.15, 0.2) is 5.78 Å². The number of fused-ring (bicyclic) bond motifs is 2. The lowest BCUT2D eigenvalue weighted by atomic mass is 9.91. The van der Waals surface area contributed by atoms with Crippen LogP contribution >= 0.6 is 0 Å². The van der Waals surface area contributed by atoms with Crippen molar-refractivity contribution in [3.63, 3.8) is 0 Å². The third-order valence-corrected chi connectivity index (χ3v) is 8.48. The van der Waals surface area contributed by atoms with E-state index in [2.05, 4.69) is 6.08 Å². The molecule has 9 heteroatoms. The van der Waals surface area contributed by atoms with Crippen LogP contribution in [0.1, 0.15) is 95.8 Å². The van der Waals surface area contributed by atoms with Crippen molar-refractivity contribution in [1.82, 2.24) is 4.90 Å². The minimum absolute atomic E-state index is 0.0361. The lowest BCUT2D eigenvalue weighted by molar-refractivity contribution is -0.159. The predicted molar refractivity (Wildman–Crippen MR) is 159 cm³/mol. The number of amides is 1. The Bertz CT molecular complexity index is 1220. The summed E-state index contributed by atoms with van der Waals surface area (Å²) in [6.07, 6.45) is 7.69. The van der Waals surface area contributed by atoms with Crippen molar-refractivity contribution in [2.24, 2.45) is 17.3 Å². The molecular formula is C34H45NO8. The first kappa shape index (κ1) is 32.4. The third kappa shape index (κ3) is 8.33. The molecular weight excluding hydrogens is 550 g/mol. The number of carbonyl (C=O) groups is 5. The number of Topliss-reactive ketones (excluding diaryl/α,β-unsaturated/α-hetero) is 1. The normalized spacial score (nSPS) is 28.9. The highest BCUT2D eigenvalue weighted by Crippen LogP contribution is 2.57. The van der Waals surface area contributed by atoms with Crippen LogP contribution in [0.5, 0.6) is 0 Å². The van der Waals surface area contributed by atoms with Gasteiger partial charge in [-0.05, 0) is 71.4 Å². The molecule has 2 aliphatic heterocycles. The van der Waals surface area contributed by atoms with Gasteiger partial charge in [0.25, 0.3) is 0 Å². The minimum Gasteiger partial charge on any atom is -0.466 e. The van der Waals surface area contributed by atoms with Crippen LogP contribution in [0, 0.1) is 17.3 Å². The van der Waals surface area contributed by atoms with E-state index in [0.717, 1.165) is 25.7 Å². The maximum atomic E-state index is 14.1. The first-order chi connectivity index (χ1) is 20.4. The molecule has 2 heterocycles. The molecule has 43 heavy (non-hydrogen) atoms. The molecule has 0 spiro atoms. The van der Waals surface area contributed by atoms with Crippen molar-refractivity contribution >= 4 is 29.6 Å². The first-order valence-electron chi connectivity index (χ1n) is 15.6. The van der Waals surface area contributed by atoms with E-state index in [1.807, 2.05) is 6.08 Å². The van der Waals surface area contributed by atoms with Crippen LogP contribution in [0.4, 0.5) is 0 Å². The Morgan fingerprint density at radius 1 is 1.05 bits per heavy atom. The Labute approximate surface area is 254 Å². The quantitative estimate of drug-likeness (QED) is 0.250. The van der Waals surface area contributed by atoms with Gasteiger partial charge < -0.3 is 19.1 Å². The van der Waals surface area contributed by atoms with E-state index in [-0.39, 0.29) is 50.0 Å². The summed E-state index contributed by atoms with van der Waals surface area (Å²) in [5.41, 5.74) is -1.27. The number of ether oxygens (including phenoxy) is 3. The van der Waals surface area contributed by atoms with Gasteiger partial charge in [-0.2, -0.15) is 0 Å². The van der Waals surface area contributed by atoms with E-state index in [0.29, 0.717) is 18.4 Å². The standard InChI is InChI=1S/C34H45NO8/c1-5-41-32(40)34-20-25(34)17-13-8-6-7-10-16-24(18-29(37)43-33(2,3)4)30(38)35-22-26(19-27(35)28(36)21-34)42-31(39)23-14-11-9-12-15-23/h9,11-15,17,24-27H,5-8,10,16,18-22H2,1-4H3/b17-13-/t24-,25-,26+,27+,34-/m1/s1. The summed E-state index contributed by atoms with van der Waals surface area (Å²) in [5, 5.41) is 0. The van der Waals surface area contributed by atoms with Gasteiger partial charge in [-0.25, -0.2) is 4.79 Å². The molecule has 0 radical (unpaired) electrons. The molecule has 1 amide bonds. The van der Waals surface area contributed by atoms with E-state index >= 15 is 0 Å². The van der Waals surface area contributed by atoms with E-state index in [1.54, 1.807) is 58.0 Å². The Morgan fingerprint density at radius 2 is 1.79 bits per heavy atom. The zero-order valence-electron chi connectivity index (χ0n) is 25.8. The number of allylic oxidation sites excluding steroid dienone is 2. The Hall–Kier alpha value is -3.49. The predicted octanol–water partition coefficient (Wildman–Crippen LogP) is 5.21. The fraction of sp³-hybridized carbons (Fsp3) is 0.618. The van der Waals surface area contributed by atoms with Gasteiger partial charge in [0.2, 0.25) is 5.91 Å². The SMILES string of the molecule is CCOC(=O)[C@]12CC(=O)[C@@H]3C[C@H](OC(=O)c4ccccc4)CN3C(=O)[C@@H](CC(=O)OC(C)(C)C)CCCCC/C=C\[C@@H]1C2. The molecule has 1 aromatic rings. The zero-order chi connectivity index (χ0) is 31.2. The minimum atomic E-state index is -0.951. The van der Waals surface area contributed by atoms with Crippen LogP contribution in [0.3, 0.4) is 0 Å². The maximum Gasteiger partial charge on any atom is 0.338 e. The number of ketones is 1. The smallest absolute Gasteiger partial charge is 0.338 e. The van der Waals surface area contributed by atoms with Gasteiger partial charge >= 0.3 is 17.9 Å². The van der Waals surface area contributed by atoms with Gasteiger partial charge in [-0.3, -0.25) is 19.2 Å². The Kier molecular flexibility index (Phi) is 10.5. The van der Waals surface area contributed by atoms with Gasteiger partial charge in [0.1, 0.15) is 11.7 Å². The third-order valence-electron chi connectivity index (χ3n) is 8.48. The molecule has 0 unspecified atom stereocenters. The lowest BCUT2D eigenvalue weighted by Crippen LogP contribution is -2.45. The highest BCUT2D eigenvalue weighted by molar-refractivity contribution is 5.96. The number of carbonyl (C=O) groups excluding carboxylic acids is 5. The molecule has 1 aromatic carbocycles. The number of hydrogen-bond donors (Lipinski definition) is 0. The Balaban J connectivity index is 1.62. The second-order valence-corrected chi connectivity index (χ2v) is 13.0. The molecule has 1 saturated heterocycles. The average Bonchev–Trinajstić information content (AvgIpc) is 3.48. The van der Waals surface area contributed by atoms with Crippen LogP contribution in [0.15, 0.2) is 42.5 Å². The van der Waals surface area contributed by atoms with Crippen LogP contribution in [0.25, 0.3) is 0 Å². The van der Waals surface area contributed by atoms with Crippen LogP contribution in [-0.2, 0) is 33.4 Å². The highest BCUT2D eigenvalue weighted by Gasteiger charge is 2.61. The zero-order valence-corrected chi connectivity index (χ0v) is 25.8. The van der Waals surface area contributed by atoms with Crippen LogP contribution in [-0.4, -0.2) is 65.4 Å².